The Hall–Kier alpha value is -2.84. The molecule has 3 aliphatic rings. The van der Waals surface area contributed by atoms with Crippen molar-refractivity contribution >= 4 is 16.9 Å². The summed E-state index contributed by atoms with van der Waals surface area (Å²) in [5.41, 5.74) is 9.25. The third kappa shape index (κ3) is 2.98. The fourth-order valence-electron chi connectivity index (χ4n) is 4.95. The van der Waals surface area contributed by atoms with Crippen LogP contribution in [-0.4, -0.2) is 58.6 Å². The standard InChI is InChI=1S/C22H25N5O3/c23-21-20-17(14-3-4-18-19(8-14)30-13-29-18)11-27(22(20)25-12-24-21)15-5-6-26(9-15)10-16-2-1-7-28-16/h3-4,8,11-12,15-16H,1-2,5-7,9-10,13H2,(H2,23,24,25)/t15-,16?/m0/s1. The van der Waals surface area contributed by atoms with Crippen molar-refractivity contribution in [2.24, 2.45) is 0 Å². The van der Waals surface area contributed by atoms with Gasteiger partial charge in [0.05, 0.1) is 11.5 Å². The number of anilines is 1. The highest BCUT2D eigenvalue weighted by atomic mass is 16.7. The molecule has 1 unspecified atom stereocenters. The zero-order valence-electron chi connectivity index (χ0n) is 16.8. The van der Waals surface area contributed by atoms with Crippen molar-refractivity contribution in [3.8, 4) is 22.6 Å². The molecule has 2 aromatic heterocycles. The molecule has 6 rings (SSSR count). The normalized spacial score (nSPS) is 23.6. The molecule has 5 heterocycles. The van der Waals surface area contributed by atoms with Gasteiger partial charge in [0.2, 0.25) is 6.79 Å². The van der Waals surface area contributed by atoms with E-state index in [0.29, 0.717) is 18.0 Å². The Balaban J connectivity index is 1.35. The highest BCUT2D eigenvalue weighted by molar-refractivity contribution is 6.01. The second-order valence-corrected chi connectivity index (χ2v) is 8.31. The lowest BCUT2D eigenvalue weighted by molar-refractivity contribution is 0.0798. The van der Waals surface area contributed by atoms with Gasteiger partial charge in [-0.05, 0) is 37.0 Å². The van der Waals surface area contributed by atoms with E-state index in [9.17, 15) is 0 Å². The number of hydrogen-bond donors (Lipinski definition) is 1. The van der Waals surface area contributed by atoms with Crippen molar-refractivity contribution in [1.82, 2.24) is 19.4 Å². The Morgan fingerprint density at radius 1 is 1.13 bits per heavy atom. The summed E-state index contributed by atoms with van der Waals surface area (Å²) >= 11 is 0. The number of fused-ring (bicyclic) bond motifs is 2. The van der Waals surface area contributed by atoms with Crippen LogP contribution in [0.15, 0.2) is 30.7 Å². The minimum absolute atomic E-state index is 0.258. The summed E-state index contributed by atoms with van der Waals surface area (Å²) < 4.78 is 19.2. The maximum Gasteiger partial charge on any atom is 0.231 e. The Morgan fingerprint density at radius 2 is 2.07 bits per heavy atom. The molecule has 0 radical (unpaired) electrons. The minimum Gasteiger partial charge on any atom is -0.454 e. The molecule has 0 aliphatic carbocycles. The molecule has 0 amide bonds. The molecular weight excluding hydrogens is 382 g/mol. The number of aromatic nitrogens is 3. The molecule has 30 heavy (non-hydrogen) atoms. The van der Waals surface area contributed by atoms with E-state index in [1.54, 1.807) is 6.33 Å². The van der Waals surface area contributed by atoms with E-state index in [2.05, 4.69) is 25.6 Å². The van der Waals surface area contributed by atoms with E-state index in [4.69, 9.17) is 19.9 Å². The van der Waals surface area contributed by atoms with Gasteiger partial charge in [0.25, 0.3) is 0 Å². The van der Waals surface area contributed by atoms with E-state index in [-0.39, 0.29) is 6.79 Å². The minimum atomic E-state index is 0.258. The first-order valence-electron chi connectivity index (χ1n) is 10.6. The van der Waals surface area contributed by atoms with Crippen LogP contribution in [-0.2, 0) is 4.74 Å². The molecule has 0 spiro atoms. The molecule has 8 nitrogen and oxygen atoms in total. The van der Waals surface area contributed by atoms with Gasteiger partial charge in [-0.25, -0.2) is 9.97 Å². The topological polar surface area (TPSA) is 87.7 Å². The summed E-state index contributed by atoms with van der Waals surface area (Å²) in [5.74, 6) is 2.03. The number of nitrogens with zero attached hydrogens (tertiary/aromatic N) is 4. The molecule has 0 bridgehead atoms. The Labute approximate surface area is 174 Å². The van der Waals surface area contributed by atoms with E-state index in [1.807, 2.05) is 18.2 Å². The first kappa shape index (κ1) is 18.0. The van der Waals surface area contributed by atoms with Crippen LogP contribution < -0.4 is 15.2 Å². The summed E-state index contributed by atoms with van der Waals surface area (Å²) in [6.07, 6.45) is 7.54. The van der Waals surface area contributed by atoms with Crippen LogP contribution in [0.1, 0.15) is 25.3 Å². The van der Waals surface area contributed by atoms with Gasteiger partial charge >= 0.3 is 0 Å². The molecule has 2 saturated heterocycles. The predicted octanol–water partition coefficient (Wildman–Crippen LogP) is 2.84. The Kier molecular flexibility index (Phi) is 4.28. The van der Waals surface area contributed by atoms with Crippen LogP contribution in [0.3, 0.4) is 0 Å². The molecule has 3 aromatic rings. The highest BCUT2D eigenvalue weighted by Crippen LogP contribution is 2.40. The van der Waals surface area contributed by atoms with Gasteiger partial charge < -0.3 is 24.5 Å². The van der Waals surface area contributed by atoms with Crippen LogP contribution >= 0.6 is 0 Å². The maximum atomic E-state index is 6.31. The molecule has 2 N–H and O–H groups in total. The number of likely N-dealkylation sites (tertiary alicyclic amines) is 1. The second kappa shape index (κ2) is 7.14. The largest absolute Gasteiger partial charge is 0.454 e. The van der Waals surface area contributed by atoms with E-state index >= 15 is 0 Å². The summed E-state index contributed by atoms with van der Waals surface area (Å²) in [7, 11) is 0. The lowest BCUT2D eigenvalue weighted by atomic mass is 10.1. The molecular formula is C22H25N5O3. The maximum absolute atomic E-state index is 6.31. The van der Waals surface area contributed by atoms with Crippen LogP contribution in [0.4, 0.5) is 5.82 Å². The van der Waals surface area contributed by atoms with Gasteiger partial charge in [0, 0.05) is 44.0 Å². The number of hydrogen-bond acceptors (Lipinski definition) is 7. The predicted molar refractivity (Wildman–Crippen MR) is 113 cm³/mol. The van der Waals surface area contributed by atoms with Gasteiger partial charge in [-0.3, -0.25) is 4.90 Å². The number of ether oxygens (including phenoxy) is 3. The smallest absolute Gasteiger partial charge is 0.231 e. The summed E-state index contributed by atoms with van der Waals surface area (Å²) in [4.78, 5) is 11.4. The Morgan fingerprint density at radius 3 is 2.97 bits per heavy atom. The summed E-state index contributed by atoms with van der Waals surface area (Å²) in [6.45, 7) is 4.24. The monoisotopic (exact) mass is 407 g/mol. The average Bonchev–Trinajstić information content (AvgIpc) is 3.54. The van der Waals surface area contributed by atoms with Crippen molar-refractivity contribution in [2.45, 2.75) is 31.4 Å². The van der Waals surface area contributed by atoms with Crippen LogP contribution in [0.5, 0.6) is 11.5 Å². The molecule has 0 saturated carbocycles. The average molecular weight is 407 g/mol. The molecule has 156 valence electrons. The van der Waals surface area contributed by atoms with Crippen LogP contribution in [0.25, 0.3) is 22.2 Å². The number of rotatable bonds is 4. The molecule has 1 aromatic carbocycles. The van der Waals surface area contributed by atoms with E-state index in [1.165, 1.54) is 12.8 Å². The first-order valence-corrected chi connectivity index (χ1v) is 10.6. The molecule has 3 aliphatic heterocycles. The van der Waals surface area contributed by atoms with Crippen molar-refractivity contribution in [3.63, 3.8) is 0 Å². The fraction of sp³-hybridized carbons (Fsp3) is 0.455. The third-order valence-corrected chi connectivity index (χ3v) is 6.45. The van der Waals surface area contributed by atoms with Crippen molar-refractivity contribution < 1.29 is 14.2 Å². The number of nitrogen functional groups attached to an aromatic ring is 1. The fourth-order valence-corrected chi connectivity index (χ4v) is 4.95. The molecule has 8 heteroatoms. The van der Waals surface area contributed by atoms with Crippen molar-refractivity contribution in [2.75, 3.05) is 38.8 Å². The first-order chi connectivity index (χ1) is 14.8. The summed E-state index contributed by atoms with van der Waals surface area (Å²) in [5, 5.41) is 0.897. The SMILES string of the molecule is Nc1ncnc2c1c(-c1ccc3c(c1)OCO3)cn2[C@H]1CCN(CC2CCCO2)C1. The zero-order chi connectivity index (χ0) is 20.1. The lowest BCUT2D eigenvalue weighted by Gasteiger charge is -2.20. The van der Waals surface area contributed by atoms with Crippen molar-refractivity contribution in [1.29, 1.82) is 0 Å². The second-order valence-electron chi connectivity index (χ2n) is 8.31. The van der Waals surface area contributed by atoms with E-state index < -0.39 is 0 Å². The number of benzene rings is 1. The van der Waals surface area contributed by atoms with Crippen molar-refractivity contribution in [3.05, 3.63) is 30.7 Å². The van der Waals surface area contributed by atoms with Gasteiger partial charge in [-0.1, -0.05) is 6.07 Å². The van der Waals surface area contributed by atoms with E-state index in [0.717, 1.165) is 66.3 Å². The van der Waals surface area contributed by atoms with Gasteiger partial charge in [0.15, 0.2) is 11.5 Å². The quantitative estimate of drug-likeness (QED) is 0.711. The van der Waals surface area contributed by atoms with Crippen LogP contribution in [0, 0.1) is 0 Å². The molecule has 2 fully saturated rings. The Bertz CT molecular complexity index is 1090. The van der Waals surface area contributed by atoms with Gasteiger partial charge in [-0.15, -0.1) is 0 Å². The number of nitrogens with two attached hydrogens (primary N) is 1. The third-order valence-electron chi connectivity index (χ3n) is 6.45. The summed E-state index contributed by atoms with van der Waals surface area (Å²) in [6, 6.07) is 6.34. The highest BCUT2D eigenvalue weighted by Gasteiger charge is 2.29. The zero-order valence-corrected chi connectivity index (χ0v) is 16.8. The van der Waals surface area contributed by atoms with Crippen LogP contribution in [0.2, 0.25) is 0 Å². The lowest BCUT2D eigenvalue weighted by Crippen LogP contribution is -2.30. The van der Waals surface area contributed by atoms with Gasteiger partial charge in [0.1, 0.15) is 17.8 Å². The van der Waals surface area contributed by atoms with Gasteiger partial charge in [-0.2, -0.15) is 0 Å². The molecule has 2 atom stereocenters.